The number of fused-ring (bicyclic) bond motifs is 5. The van der Waals surface area contributed by atoms with Gasteiger partial charge in [-0.1, -0.05) is 42.0 Å². The van der Waals surface area contributed by atoms with Gasteiger partial charge in [-0.25, -0.2) is 0 Å². The predicted octanol–water partition coefficient (Wildman–Crippen LogP) is 5.49. The average Bonchev–Trinajstić information content (AvgIpc) is 3.29. The highest BCUT2D eigenvalue weighted by Crippen LogP contribution is 2.55. The second-order valence-electron chi connectivity index (χ2n) is 8.90. The van der Waals surface area contributed by atoms with E-state index >= 15 is 0 Å². The van der Waals surface area contributed by atoms with E-state index in [0.717, 1.165) is 25.3 Å². The molecule has 6 aliphatic rings. The molecule has 3 aliphatic heterocycles. The van der Waals surface area contributed by atoms with E-state index in [1.807, 2.05) is 0 Å². The third-order valence-corrected chi connectivity index (χ3v) is 7.56. The van der Waals surface area contributed by atoms with Gasteiger partial charge in [0.05, 0.1) is 6.04 Å². The van der Waals surface area contributed by atoms with Gasteiger partial charge in [0.2, 0.25) is 0 Å². The van der Waals surface area contributed by atoms with Crippen LogP contribution in [0.3, 0.4) is 0 Å². The molecule has 0 aromatic heterocycles. The summed E-state index contributed by atoms with van der Waals surface area (Å²) < 4.78 is 0. The van der Waals surface area contributed by atoms with Crippen LogP contribution in [0.15, 0.2) is 75.6 Å². The largest absolute Gasteiger partial charge is 0.341 e. The van der Waals surface area contributed by atoms with Crippen molar-refractivity contribution in [2.75, 3.05) is 6.54 Å². The number of hydrogen-bond acceptors (Lipinski definition) is 2. The lowest BCUT2D eigenvalue weighted by Gasteiger charge is -2.38. The second kappa shape index (κ2) is 6.22. The lowest BCUT2D eigenvalue weighted by Crippen LogP contribution is -2.34. The van der Waals surface area contributed by atoms with Crippen molar-refractivity contribution in [2.45, 2.75) is 51.0 Å². The normalized spacial score (nSPS) is 36.0. The van der Waals surface area contributed by atoms with Crippen LogP contribution in [-0.4, -0.2) is 23.7 Å². The fourth-order valence-electron chi connectivity index (χ4n) is 6.36. The Balaban J connectivity index is 1.47. The minimum atomic E-state index is 0.553. The first-order chi connectivity index (χ1) is 13.4. The Labute approximate surface area is 162 Å². The molecule has 0 radical (unpaired) electrons. The van der Waals surface area contributed by atoms with Gasteiger partial charge in [-0.3, -0.25) is 4.99 Å². The number of dihydropyridines is 1. The molecular formula is C25H28N2. The van der Waals surface area contributed by atoms with Gasteiger partial charge < -0.3 is 4.90 Å². The monoisotopic (exact) mass is 356 g/mol. The van der Waals surface area contributed by atoms with Crippen molar-refractivity contribution in [1.29, 1.82) is 0 Å². The lowest BCUT2D eigenvalue weighted by atomic mass is 9.73. The minimum absolute atomic E-state index is 0.553. The zero-order valence-corrected chi connectivity index (χ0v) is 16.0. The van der Waals surface area contributed by atoms with Gasteiger partial charge in [0.15, 0.2) is 0 Å². The molecule has 0 aromatic rings. The first-order valence-corrected chi connectivity index (χ1v) is 10.8. The SMILES string of the molecule is C1=CC(CC2CC[C@H]3C4=C2CC=C2C=CCCC2N4C2=CC=NC[C@@H]23)=CC1. The number of allylic oxidation sites excluding steroid dienone is 9. The molecule has 2 unspecified atom stereocenters. The van der Waals surface area contributed by atoms with Crippen molar-refractivity contribution < 1.29 is 0 Å². The average molecular weight is 357 g/mol. The van der Waals surface area contributed by atoms with Crippen LogP contribution < -0.4 is 0 Å². The predicted molar refractivity (Wildman–Crippen MR) is 111 cm³/mol. The Kier molecular flexibility index (Phi) is 3.67. The molecule has 0 bridgehead atoms. The fraction of sp³-hybridized carbons (Fsp3) is 0.480. The molecule has 2 heteroatoms. The molecule has 1 fully saturated rings. The van der Waals surface area contributed by atoms with E-state index in [2.05, 4.69) is 58.6 Å². The van der Waals surface area contributed by atoms with E-state index in [1.165, 1.54) is 32.1 Å². The smallest absolute Gasteiger partial charge is 0.0585 e. The first-order valence-electron chi connectivity index (χ1n) is 10.8. The van der Waals surface area contributed by atoms with E-state index in [-0.39, 0.29) is 0 Å². The van der Waals surface area contributed by atoms with Crippen molar-refractivity contribution in [2.24, 2.45) is 22.7 Å². The van der Waals surface area contributed by atoms with Gasteiger partial charge in [0.1, 0.15) is 0 Å². The summed E-state index contributed by atoms with van der Waals surface area (Å²) in [6, 6.07) is 0.553. The molecule has 3 heterocycles. The van der Waals surface area contributed by atoms with Gasteiger partial charge in [0.25, 0.3) is 0 Å². The molecular weight excluding hydrogens is 328 g/mol. The molecule has 2 nitrogen and oxygen atoms in total. The van der Waals surface area contributed by atoms with Crippen LogP contribution in [0, 0.1) is 17.8 Å². The lowest BCUT2D eigenvalue weighted by molar-refractivity contribution is 0.318. The highest BCUT2D eigenvalue weighted by Gasteiger charge is 2.49. The molecule has 0 saturated carbocycles. The Bertz CT molecular complexity index is 876. The van der Waals surface area contributed by atoms with Crippen LogP contribution >= 0.6 is 0 Å². The molecule has 27 heavy (non-hydrogen) atoms. The number of aliphatic imine (C=N–C) groups is 1. The third kappa shape index (κ3) is 2.42. The standard InChI is InChI=1S/C25H28N2/c1-2-6-17(5-1)15-19-10-12-21-22-16-26-14-13-24(22)27-23-8-4-3-7-18(23)9-11-20(19)25(21)27/h1,3,5-7,9,13-14,19,21-23H,2,4,8,10-12,15-16H2/t19?,21-,22-,23?/m1/s1. The molecule has 4 atom stereocenters. The summed E-state index contributed by atoms with van der Waals surface area (Å²) in [6.45, 7) is 0.990. The van der Waals surface area contributed by atoms with Crippen molar-refractivity contribution in [3.05, 3.63) is 70.6 Å². The Hall–Kier alpha value is -2.09. The summed E-state index contributed by atoms with van der Waals surface area (Å²) in [5, 5.41) is 0. The maximum atomic E-state index is 4.66. The van der Waals surface area contributed by atoms with Crippen molar-refractivity contribution in [3.63, 3.8) is 0 Å². The van der Waals surface area contributed by atoms with Gasteiger partial charge in [-0.2, -0.15) is 0 Å². The number of rotatable bonds is 2. The zero-order valence-electron chi connectivity index (χ0n) is 16.0. The Morgan fingerprint density at radius 1 is 1.04 bits per heavy atom. The molecule has 0 amide bonds. The highest BCUT2D eigenvalue weighted by molar-refractivity contribution is 5.74. The first kappa shape index (κ1) is 15.9. The summed E-state index contributed by atoms with van der Waals surface area (Å²) in [5.74, 6) is 2.04. The maximum absolute atomic E-state index is 4.66. The zero-order chi connectivity index (χ0) is 17.8. The van der Waals surface area contributed by atoms with Crippen LogP contribution in [0.4, 0.5) is 0 Å². The molecule has 0 spiro atoms. The van der Waals surface area contributed by atoms with E-state index in [0.29, 0.717) is 17.9 Å². The topological polar surface area (TPSA) is 15.6 Å². The summed E-state index contributed by atoms with van der Waals surface area (Å²) >= 11 is 0. The van der Waals surface area contributed by atoms with Crippen LogP contribution in [0.5, 0.6) is 0 Å². The molecule has 0 aromatic carbocycles. The fourth-order valence-corrected chi connectivity index (χ4v) is 6.36. The van der Waals surface area contributed by atoms with Crippen LogP contribution in [0.25, 0.3) is 0 Å². The van der Waals surface area contributed by atoms with Crippen molar-refractivity contribution in [1.82, 2.24) is 4.90 Å². The van der Waals surface area contributed by atoms with E-state index in [1.54, 1.807) is 28.1 Å². The summed E-state index contributed by atoms with van der Waals surface area (Å²) in [5.41, 5.74) is 8.14. The third-order valence-electron chi connectivity index (χ3n) is 7.56. The van der Waals surface area contributed by atoms with Gasteiger partial charge >= 0.3 is 0 Å². The Morgan fingerprint density at radius 2 is 2.04 bits per heavy atom. The summed E-state index contributed by atoms with van der Waals surface area (Å²) in [7, 11) is 0. The molecule has 1 saturated heterocycles. The molecule has 6 rings (SSSR count). The Morgan fingerprint density at radius 3 is 2.96 bits per heavy atom. The van der Waals surface area contributed by atoms with E-state index < -0.39 is 0 Å². The summed E-state index contributed by atoms with van der Waals surface area (Å²) in [6.07, 6.45) is 27.5. The van der Waals surface area contributed by atoms with Crippen molar-refractivity contribution in [3.8, 4) is 0 Å². The second-order valence-corrected chi connectivity index (χ2v) is 8.90. The van der Waals surface area contributed by atoms with E-state index in [4.69, 9.17) is 0 Å². The van der Waals surface area contributed by atoms with Crippen molar-refractivity contribution >= 4 is 6.21 Å². The number of hydrogen-bond donors (Lipinski definition) is 0. The quantitative estimate of drug-likeness (QED) is 0.638. The van der Waals surface area contributed by atoms with E-state index in [9.17, 15) is 0 Å². The van der Waals surface area contributed by atoms with Crippen LogP contribution in [0.1, 0.15) is 44.9 Å². The molecule has 138 valence electrons. The maximum Gasteiger partial charge on any atom is 0.0585 e. The molecule has 0 N–H and O–H groups in total. The molecule has 3 aliphatic carbocycles. The van der Waals surface area contributed by atoms with Gasteiger partial charge in [-0.05, 0) is 68.1 Å². The van der Waals surface area contributed by atoms with Crippen LogP contribution in [-0.2, 0) is 0 Å². The van der Waals surface area contributed by atoms with Gasteiger partial charge in [0, 0.05) is 36.0 Å². The summed E-state index contributed by atoms with van der Waals surface area (Å²) in [4.78, 5) is 7.45. The highest BCUT2D eigenvalue weighted by atomic mass is 15.2. The minimum Gasteiger partial charge on any atom is -0.341 e. The number of nitrogens with zero attached hydrogens (tertiary/aromatic N) is 2. The van der Waals surface area contributed by atoms with Gasteiger partial charge in [-0.15, -0.1) is 0 Å². The van der Waals surface area contributed by atoms with Crippen LogP contribution in [0.2, 0.25) is 0 Å².